The number of rotatable bonds is 5. The van der Waals surface area contributed by atoms with Gasteiger partial charge < -0.3 is 15.0 Å². The van der Waals surface area contributed by atoms with Crippen molar-refractivity contribution >= 4 is 0 Å². The summed E-state index contributed by atoms with van der Waals surface area (Å²) >= 11 is 0. The van der Waals surface area contributed by atoms with Gasteiger partial charge in [0.25, 0.3) is 0 Å². The van der Waals surface area contributed by atoms with E-state index in [1.807, 2.05) is 13.8 Å². The highest BCUT2D eigenvalue weighted by Crippen LogP contribution is 2.11. The predicted octanol–water partition coefficient (Wildman–Crippen LogP) is 0.709. The fourth-order valence-corrected chi connectivity index (χ4v) is 0.992. The van der Waals surface area contributed by atoms with Crippen molar-refractivity contribution in [1.29, 1.82) is 0 Å². The summed E-state index contributed by atoms with van der Waals surface area (Å²) in [6.45, 7) is 4.43. The van der Waals surface area contributed by atoms with Crippen molar-refractivity contribution in [2.45, 2.75) is 32.3 Å². The average Bonchev–Trinajstić information content (AvgIpc) is 2.65. The van der Waals surface area contributed by atoms with E-state index in [4.69, 9.17) is 15.0 Å². The van der Waals surface area contributed by atoms with Crippen LogP contribution in [-0.4, -0.2) is 29.9 Å². The van der Waals surface area contributed by atoms with Crippen molar-refractivity contribution in [1.82, 2.24) is 10.1 Å². The van der Waals surface area contributed by atoms with Gasteiger partial charge in [0, 0.05) is 26.0 Å². The SMILES string of the molecule is COC(C)Cc1noc(C(C)CN)n1. The van der Waals surface area contributed by atoms with E-state index in [0.717, 1.165) is 0 Å². The molecule has 2 N–H and O–H groups in total. The van der Waals surface area contributed by atoms with Gasteiger partial charge in [0.1, 0.15) is 0 Å². The van der Waals surface area contributed by atoms with Crippen LogP contribution < -0.4 is 5.73 Å². The standard InChI is InChI=1S/C9H17N3O2/c1-6(5-10)9-11-8(12-14-9)4-7(2)13-3/h6-7H,4-5,10H2,1-3H3. The van der Waals surface area contributed by atoms with E-state index in [-0.39, 0.29) is 12.0 Å². The summed E-state index contributed by atoms with van der Waals surface area (Å²) in [5.74, 6) is 1.40. The van der Waals surface area contributed by atoms with Gasteiger partial charge in [-0.1, -0.05) is 12.1 Å². The first-order valence-electron chi connectivity index (χ1n) is 4.72. The normalized spacial score (nSPS) is 15.4. The lowest BCUT2D eigenvalue weighted by molar-refractivity contribution is 0.116. The van der Waals surface area contributed by atoms with Crippen molar-refractivity contribution in [2.75, 3.05) is 13.7 Å². The number of nitrogens with two attached hydrogens (primary N) is 1. The molecule has 2 unspecified atom stereocenters. The lowest BCUT2D eigenvalue weighted by Crippen LogP contribution is -2.11. The van der Waals surface area contributed by atoms with Gasteiger partial charge >= 0.3 is 0 Å². The molecule has 1 rings (SSSR count). The molecule has 0 spiro atoms. The molecule has 2 atom stereocenters. The zero-order valence-electron chi connectivity index (χ0n) is 8.86. The number of hydrogen-bond acceptors (Lipinski definition) is 5. The summed E-state index contributed by atoms with van der Waals surface area (Å²) in [6.07, 6.45) is 0.769. The Morgan fingerprint density at radius 3 is 2.79 bits per heavy atom. The molecular weight excluding hydrogens is 182 g/mol. The largest absolute Gasteiger partial charge is 0.381 e. The number of methoxy groups -OCH3 is 1. The van der Waals surface area contributed by atoms with Crippen LogP contribution in [0.4, 0.5) is 0 Å². The van der Waals surface area contributed by atoms with Crippen molar-refractivity contribution in [3.63, 3.8) is 0 Å². The maximum absolute atomic E-state index is 5.49. The molecule has 0 aliphatic heterocycles. The molecule has 0 bridgehead atoms. The number of aromatic nitrogens is 2. The second-order valence-electron chi connectivity index (χ2n) is 3.44. The van der Waals surface area contributed by atoms with Crippen LogP contribution in [-0.2, 0) is 11.2 Å². The molecule has 0 aliphatic rings. The summed E-state index contributed by atoms with van der Waals surface area (Å²) in [4.78, 5) is 4.23. The van der Waals surface area contributed by atoms with E-state index in [2.05, 4.69) is 10.1 Å². The Kier molecular flexibility index (Phi) is 4.03. The monoisotopic (exact) mass is 199 g/mol. The molecule has 0 fully saturated rings. The van der Waals surface area contributed by atoms with Crippen molar-refractivity contribution in [3.8, 4) is 0 Å². The number of ether oxygens (including phenoxy) is 1. The Morgan fingerprint density at radius 1 is 1.50 bits per heavy atom. The summed E-state index contributed by atoms with van der Waals surface area (Å²) < 4.78 is 10.2. The molecular formula is C9H17N3O2. The average molecular weight is 199 g/mol. The molecule has 0 aliphatic carbocycles. The summed E-state index contributed by atoms with van der Waals surface area (Å²) in [5, 5.41) is 3.85. The minimum absolute atomic E-state index is 0.105. The maximum Gasteiger partial charge on any atom is 0.230 e. The first-order valence-corrected chi connectivity index (χ1v) is 4.72. The highest BCUT2D eigenvalue weighted by molar-refractivity contribution is 4.93. The van der Waals surface area contributed by atoms with E-state index in [1.54, 1.807) is 7.11 Å². The molecule has 5 heteroatoms. The third kappa shape index (κ3) is 2.78. The molecule has 0 aromatic carbocycles. The predicted molar refractivity (Wildman–Crippen MR) is 51.9 cm³/mol. The minimum Gasteiger partial charge on any atom is -0.381 e. The van der Waals surface area contributed by atoms with Gasteiger partial charge in [0.2, 0.25) is 5.89 Å². The molecule has 1 aromatic rings. The van der Waals surface area contributed by atoms with Gasteiger partial charge in [0.05, 0.1) is 6.10 Å². The topological polar surface area (TPSA) is 74.2 Å². The van der Waals surface area contributed by atoms with Gasteiger partial charge in [-0.3, -0.25) is 0 Å². The van der Waals surface area contributed by atoms with Gasteiger partial charge in [-0.05, 0) is 6.92 Å². The summed E-state index contributed by atoms with van der Waals surface area (Å²) in [5.41, 5.74) is 5.49. The van der Waals surface area contributed by atoms with Crippen LogP contribution >= 0.6 is 0 Å². The summed E-state index contributed by atoms with van der Waals surface area (Å²) in [6, 6.07) is 0. The molecule has 0 saturated carbocycles. The quantitative estimate of drug-likeness (QED) is 0.756. The highest BCUT2D eigenvalue weighted by Gasteiger charge is 2.14. The third-order valence-electron chi connectivity index (χ3n) is 2.13. The zero-order chi connectivity index (χ0) is 10.6. The molecule has 0 saturated heterocycles. The lowest BCUT2D eigenvalue weighted by Gasteiger charge is -2.04. The van der Waals surface area contributed by atoms with Crippen LogP contribution in [0.2, 0.25) is 0 Å². The van der Waals surface area contributed by atoms with Crippen LogP contribution in [0, 0.1) is 0 Å². The van der Waals surface area contributed by atoms with Crippen LogP contribution in [0.25, 0.3) is 0 Å². The Labute approximate surface area is 83.6 Å². The first-order chi connectivity index (χ1) is 6.67. The zero-order valence-corrected chi connectivity index (χ0v) is 8.86. The third-order valence-corrected chi connectivity index (χ3v) is 2.13. The molecule has 14 heavy (non-hydrogen) atoms. The van der Waals surface area contributed by atoms with Crippen LogP contribution in [0.3, 0.4) is 0 Å². The van der Waals surface area contributed by atoms with Gasteiger partial charge in [-0.2, -0.15) is 4.98 Å². The maximum atomic E-state index is 5.49. The van der Waals surface area contributed by atoms with E-state index in [0.29, 0.717) is 24.7 Å². The van der Waals surface area contributed by atoms with Gasteiger partial charge in [-0.15, -0.1) is 0 Å². The van der Waals surface area contributed by atoms with Crippen LogP contribution in [0.1, 0.15) is 31.5 Å². The van der Waals surface area contributed by atoms with E-state index >= 15 is 0 Å². The smallest absolute Gasteiger partial charge is 0.230 e. The van der Waals surface area contributed by atoms with E-state index in [9.17, 15) is 0 Å². The Hall–Kier alpha value is -0.940. The molecule has 1 aromatic heterocycles. The fraction of sp³-hybridized carbons (Fsp3) is 0.778. The van der Waals surface area contributed by atoms with E-state index < -0.39 is 0 Å². The van der Waals surface area contributed by atoms with Crippen LogP contribution in [0.5, 0.6) is 0 Å². The Balaban J connectivity index is 2.59. The lowest BCUT2D eigenvalue weighted by atomic mass is 10.2. The molecule has 0 radical (unpaired) electrons. The van der Waals surface area contributed by atoms with Crippen molar-refractivity contribution in [2.24, 2.45) is 5.73 Å². The molecule has 0 amide bonds. The summed E-state index contributed by atoms with van der Waals surface area (Å²) in [7, 11) is 1.66. The number of hydrogen-bond donors (Lipinski definition) is 1. The Morgan fingerprint density at radius 2 is 2.21 bits per heavy atom. The van der Waals surface area contributed by atoms with Gasteiger partial charge in [0.15, 0.2) is 5.82 Å². The van der Waals surface area contributed by atoms with E-state index in [1.165, 1.54) is 0 Å². The number of nitrogens with zero attached hydrogens (tertiary/aromatic N) is 2. The van der Waals surface area contributed by atoms with Crippen molar-refractivity contribution < 1.29 is 9.26 Å². The molecule has 5 nitrogen and oxygen atoms in total. The molecule has 1 heterocycles. The Bertz CT molecular complexity index is 275. The minimum atomic E-state index is 0.105. The highest BCUT2D eigenvalue weighted by atomic mass is 16.5. The van der Waals surface area contributed by atoms with Gasteiger partial charge in [-0.25, -0.2) is 0 Å². The first kappa shape index (κ1) is 11.1. The fourth-order valence-electron chi connectivity index (χ4n) is 0.992. The molecule has 80 valence electrons. The van der Waals surface area contributed by atoms with Crippen molar-refractivity contribution in [3.05, 3.63) is 11.7 Å². The second kappa shape index (κ2) is 5.07. The van der Waals surface area contributed by atoms with Crippen LogP contribution in [0.15, 0.2) is 4.52 Å². The second-order valence-corrected chi connectivity index (χ2v) is 3.44.